The fourth-order valence-electron chi connectivity index (χ4n) is 4.66. The van der Waals surface area contributed by atoms with Crippen molar-refractivity contribution in [1.29, 1.82) is 0 Å². The Labute approximate surface area is 178 Å². The number of ether oxygens (including phenoxy) is 3. The van der Waals surface area contributed by atoms with Gasteiger partial charge in [-0.25, -0.2) is 0 Å². The van der Waals surface area contributed by atoms with Crippen LogP contribution in [-0.2, 0) is 27.2 Å². The summed E-state index contributed by atoms with van der Waals surface area (Å²) in [5, 5.41) is 9.27. The van der Waals surface area contributed by atoms with E-state index in [0.29, 0.717) is 6.61 Å². The van der Waals surface area contributed by atoms with Gasteiger partial charge in [0.15, 0.2) is 6.29 Å². The van der Waals surface area contributed by atoms with E-state index >= 15 is 0 Å². The molecule has 0 radical (unpaired) electrons. The van der Waals surface area contributed by atoms with Gasteiger partial charge in [-0.05, 0) is 22.2 Å². The summed E-state index contributed by atoms with van der Waals surface area (Å²) in [5.74, 6) is 0. The monoisotopic (exact) mass is 450 g/mol. The molecule has 2 rings (SSSR count). The van der Waals surface area contributed by atoms with E-state index in [1.54, 1.807) is 7.11 Å². The van der Waals surface area contributed by atoms with Crippen molar-refractivity contribution < 1.29 is 32.3 Å². The first kappa shape index (κ1) is 25.4. The number of aliphatic hydroxyl groups is 1. The maximum absolute atomic E-state index is 9.27. The molecule has 172 valence electrons. The van der Waals surface area contributed by atoms with Gasteiger partial charge in [0, 0.05) is 7.11 Å². The maximum atomic E-state index is 9.27. The van der Waals surface area contributed by atoms with Crippen molar-refractivity contribution in [2.45, 2.75) is 102 Å². The van der Waals surface area contributed by atoms with Crippen LogP contribution in [0.15, 0.2) is 0 Å². The molecule has 2 aliphatic heterocycles. The highest BCUT2D eigenvalue weighted by Gasteiger charge is 2.61. The second-order valence-electron chi connectivity index (χ2n) is 9.39. The van der Waals surface area contributed by atoms with Gasteiger partial charge in [0.25, 0.3) is 0 Å². The highest BCUT2D eigenvalue weighted by molar-refractivity contribution is 6.83. The maximum Gasteiger partial charge on any atom is 0.335 e. The number of hydrogen-bond donors (Lipinski definition) is 1. The van der Waals surface area contributed by atoms with Crippen LogP contribution in [0.4, 0.5) is 0 Å². The lowest BCUT2D eigenvalue weighted by Crippen LogP contribution is -2.66. The van der Waals surface area contributed by atoms with E-state index in [2.05, 4.69) is 55.4 Å². The van der Waals surface area contributed by atoms with Gasteiger partial charge in [-0.2, -0.15) is 0 Å². The van der Waals surface area contributed by atoms with Gasteiger partial charge >= 0.3 is 17.1 Å². The van der Waals surface area contributed by atoms with Crippen molar-refractivity contribution in [2.24, 2.45) is 0 Å². The van der Waals surface area contributed by atoms with E-state index in [0.717, 1.165) is 0 Å². The third-order valence-electron chi connectivity index (χ3n) is 6.23. The zero-order chi connectivity index (χ0) is 22.0. The average Bonchev–Trinajstić information content (AvgIpc) is 2.94. The highest BCUT2D eigenvalue weighted by Crippen LogP contribution is 2.47. The van der Waals surface area contributed by atoms with Crippen LogP contribution in [0.3, 0.4) is 0 Å². The van der Waals surface area contributed by atoms with Crippen LogP contribution in [0.1, 0.15) is 55.4 Å². The molecular formula is C20H42O7Si2. The van der Waals surface area contributed by atoms with E-state index < -0.39 is 29.5 Å². The fourth-order valence-corrected chi connectivity index (χ4v) is 15.9. The van der Waals surface area contributed by atoms with Crippen LogP contribution in [0, 0.1) is 0 Å². The van der Waals surface area contributed by atoms with Crippen LogP contribution < -0.4 is 0 Å². The molecule has 9 heteroatoms. The first-order valence-electron chi connectivity index (χ1n) is 11.0. The first-order chi connectivity index (χ1) is 13.6. The summed E-state index contributed by atoms with van der Waals surface area (Å²) < 4.78 is 38.5. The summed E-state index contributed by atoms with van der Waals surface area (Å²) in [5.41, 5.74) is 1.03. The molecular weight excluding hydrogens is 408 g/mol. The minimum Gasteiger partial charge on any atom is -0.414 e. The molecule has 2 aliphatic rings. The largest absolute Gasteiger partial charge is 0.414 e. The molecule has 0 aromatic heterocycles. The normalized spacial score (nSPS) is 32.1. The second-order valence-corrected chi connectivity index (χ2v) is 18.2. The molecule has 7 nitrogen and oxygen atoms in total. The summed E-state index contributed by atoms with van der Waals surface area (Å²) in [7, 11) is -3.71. The smallest absolute Gasteiger partial charge is 0.335 e. The molecule has 0 aromatic carbocycles. The van der Waals surface area contributed by atoms with Gasteiger partial charge in [-0.15, -0.1) is 0 Å². The summed E-state index contributed by atoms with van der Waals surface area (Å²) in [6.07, 6.45) is -1.63. The molecule has 1 N–H and O–H groups in total. The lowest BCUT2D eigenvalue weighted by atomic mass is 10.1. The topological polar surface area (TPSA) is 75.6 Å². The van der Waals surface area contributed by atoms with Gasteiger partial charge in [0.05, 0.1) is 19.8 Å². The summed E-state index contributed by atoms with van der Waals surface area (Å²) in [4.78, 5) is 0. The Morgan fingerprint density at radius 3 is 1.93 bits per heavy atom. The van der Waals surface area contributed by atoms with Gasteiger partial charge in [-0.1, -0.05) is 55.4 Å². The van der Waals surface area contributed by atoms with Crippen molar-refractivity contribution in [2.75, 3.05) is 26.9 Å². The van der Waals surface area contributed by atoms with Crippen molar-refractivity contribution in [3.8, 4) is 0 Å². The van der Waals surface area contributed by atoms with Crippen molar-refractivity contribution in [3.63, 3.8) is 0 Å². The SMILES string of the molecule is CO[C@@H]1O[C@@H]2CO[Si](C(C)C)(C(C)C)O[Si](C(C)C)(C(C)C)O[C@H]2[C@H]1OCCO. The quantitative estimate of drug-likeness (QED) is 0.565. The molecule has 0 aliphatic carbocycles. The van der Waals surface area contributed by atoms with Crippen molar-refractivity contribution >= 4 is 17.1 Å². The van der Waals surface area contributed by atoms with E-state index in [9.17, 15) is 5.11 Å². The summed E-state index contributed by atoms with van der Waals surface area (Å²) in [6, 6.07) is 0. The van der Waals surface area contributed by atoms with Crippen LogP contribution in [0.25, 0.3) is 0 Å². The van der Waals surface area contributed by atoms with Crippen molar-refractivity contribution in [3.05, 3.63) is 0 Å². The number of methoxy groups -OCH3 is 1. The minimum atomic E-state index is -2.73. The lowest BCUT2D eigenvalue weighted by Gasteiger charge is -2.51. The van der Waals surface area contributed by atoms with Crippen LogP contribution >= 0.6 is 0 Å². The molecule has 4 atom stereocenters. The molecule has 2 fully saturated rings. The molecule has 0 unspecified atom stereocenters. The number of aliphatic hydroxyl groups excluding tert-OH is 1. The molecule has 0 aromatic rings. The Bertz CT molecular complexity index is 499. The molecule has 0 spiro atoms. The zero-order valence-electron chi connectivity index (χ0n) is 19.6. The van der Waals surface area contributed by atoms with E-state index in [1.807, 2.05) is 0 Å². The van der Waals surface area contributed by atoms with Crippen molar-refractivity contribution in [1.82, 2.24) is 0 Å². The Kier molecular flexibility index (Phi) is 8.92. The third kappa shape index (κ3) is 4.83. The molecule has 0 saturated carbocycles. The van der Waals surface area contributed by atoms with Gasteiger partial charge < -0.3 is 32.3 Å². The Morgan fingerprint density at radius 1 is 0.931 bits per heavy atom. The van der Waals surface area contributed by atoms with Crippen LogP contribution in [0.5, 0.6) is 0 Å². The van der Waals surface area contributed by atoms with Crippen LogP contribution in [0.2, 0.25) is 22.2 Å². The molecule has 2 saturated heterocycles. The fraction of sp³-hybridized carbons (Fsp3) is 1.00. The Balaban J connectivity index is 2.52. The van der Waals surface area contributed by atoms with E-state index in [-0.39, 0.29) is 47.6 Å². The summed E-state index contributed by atoms with van der Waals surface area (Å²) >= 11 is 0. The highest BCUT2D eigenvalue weighted by atomic mass is 28.5. The van der Waals surface area contributed by atoms with Gasteiger partial charge in [0.2, 0.25) is 0 Å². The molecule has 0 bridgehead atoms. The number of rotatable bonds is 8. The zero-order valence-corrected chi connectivity index (χ0v) is 21.6. The second kappa shape index (κ2) is 10.2. The predicted molar refractivity (Wildman–Crippen MR) is 116 cm³/mol. The van der Waals surface area contributed by atoms with E-state index in [4.69, 9.17) is 27.2 Å². The average molecular weight is 451 g/mol. The summed E-state index contributed by atoms with van der Waals surface area (Å²) in [6.45, 7) is 18.1. The molecule has 29 heavy (non-hydrogen) atoms. The standard InChI is InChI=1S/C20H42O7Si2/c1-13(2)28(14(3)4)24-12-17-18(19(23-11-10-21)20(22-9)25-17)26-29(27-28,15(5)6)16(7)8/h13-21H,10-12H2,1-9H3/t17-,18-,19-,20-/m1/s1. The molecule has 0 amide bonds. The van der Waals surface area contributed by atoms with E-state index in [1.165, 1.54) is 0 Å². The third-order valence-corrected chi connectivity index (χ3v) is 16.5. The van der Waals surface area contributed by atoms with Crippen LogP contribution in [-0.4, -0.2) is 73.8 Å². The minimum absolute atomic E-state index is 0.0645. The first-order valence-corrected chi connectivity index (χ1v) is 14.9. The predicted octanol–water partition coefficient (Wildman–Crippen LogP) is 3.69. The Hall–Kier alpha value is 0.154. The lowest BCUT2D eigenvalue weighted by molar-refractivity contribution is -0.166. The number of fused-ring (bicyclic) bond motifs is 1. The Morgan fingerprint density at radius 2 is 1.48 bits per heavy atom. The number of hydrogen-bond acceptors (Lipinski definition) is 7. The van der Waals surface area contributed by atoms with Gasteiger partial charge in [-0.3, -0.25) is 0 Å². The van der Waals surface area contributed by atoms with Gasteiger partial charge in [0.1, 0.15) is 18.3 Å². The molecule has 2 heterocycles.